The Bertz CT molecular complexity index is 374. The van der Waals surface area contributed by atoms with Crippen LogP contribution in [-0.2, 0) is 14.9 Å². The van der Waals surface area contributed by atoms with Gasteiger partial charge >= 0.3 is 51.4 Å². The summed E-state index contributed by atoms with van der Waals surface area (Å²) >= 11 is 0. The number of amides is 1. The summed E-state index contributed by atoms with van der Waals surface area (Å²) in [4.78, 5) is 13.3. The van der Waals surface area contributed by atoms with Gasteiger partial charge in [0.15, 0.2) is 0 Å². The molecule has 0 unspecified atom stereocenters. The smallest absolute Gasteiger partial charge is 0.748 e. The molecular weight excluding hydrogens is 329 g/mol. The van der Waals surface area contributed by atoms with Gasteiger partial charge in [-0.3, -0.25) is 4.79 Å². The Balaban J connectivity index is 0. The van der Waals surface area contributed by atoms with E-state index < -0.39 is 15.9 Å². The minimum Gasteiger partial charge on any atom is -0.748 e. The summed E-state index contributed by atoms with van der Waals surface area (Å²) < 4.78 is 31.4. The van der Waals surface area contributed by atoms with Crippen LogP contribution in [0.15, 0.2) is 0 Å². The van der Waals surface area contributed by atoms with Crippen LogP contribution >= 0.6 is 0 Å². The maximum atomic E-state index is 11.8. The molecule has 0 heterocycles. The van der Waals surface area contributed by atoms with Crippen LogP contribution in [0.25, 0.3) is 0 Å². The van der Waals surface area contributed by atoms with Crippen molar-refractivity contribution in [2.24, 2.45) is 0 Å². The van der Waals surface area contributed by atoms with E-state index in [2.05, 4.69) is 6.92 Å². The zero-order valence-electron chi connectivity index (χ0n) is 14.5. The minimum absolute atomic E-state index is 0. The molecule has 0 aliphatic rings. The van der Waals surface area contributed by atoms with Crippen molar-refractivity contribution >= 4 is 16.0 Å². The molecule has 126 valence electrons. The van der Waals surface area contributed by atoms with Gasteiger partial charge < -0.3 is 9.45 Å². The first-order valence-corrected chi connectivity index (χ1v) is 9.62. The third kappa shape index (κ3) is 17.4. The summed E-state index contributed by atoms with van der Waals surface area (Å²) in [6, 6.07) is 0. The number of rotatable bonds is 13. The first-order valence-electron chi connectivity index (χ1n) is 8.04. The third-order valence-electron chi connectivity index (χ3n) is 3.56. The Kier molecular flexibility index (Phi) is 17.8. The van der Waals surface area contributed by atoms with Crippen molar-refractivity contribution in [3.05, 3.63) is 0 Å². The topological polar surface area (TPSA) is 77.5 Å². The molecule has 0 spiro atoms. The molecule has 0 saturated carbocycles. The fraction of sp³-hybridized carbons (Fsp3) is 0.933. The summed E-state index contributed by atoms with van der Waals surface area (Å²) in [5, 5.41) is 0. The number of carbonyl (C=O) groups excluding carboxylic acids is 1. The predicted octanol–water partition coefficient (Wildman–Crippen LogP) is -0.0851. The Morgan fingerprint density at radius 2 is 1.45 bits per heavy atom. The quantitative estimate of drug-likeness (QED) is 0.262. The first kappa shape index (κ1) is 25.3. The molecule has 0 aliphatic heterocycles. The Morgan fingerprint density at radius 1 is 0.955 bits per heavy atom. The van der Waals surface area contributed by atoms with Crippen LogP contribution in [0, 0.1) is 0 Å². The third-order valence-corrected chi connectivity index (χ3v) is 4.35. The van der Waals surface area contributed by atoms with Crippen molar-refractivity contribution in [3.63, 3.8) is 0 Å². The maximum absolute atomic E-state index is 11.8. The molecule has 0 aromatic carbocycles. The molecule has 0 N–H and O–H groups in total. The normalized spacial score (nSPS) is 11.0. The Hall–Kier alpha value is 1.02. The molecule has 0 aromatic heterocycles. The summed E-state index contributed by atoms with van der Waals surface area (Å²) in [5.74, 6) is -0.369. The van der Waals surface area contributed by atoms with Gasteiger partial charge in [0.1, 0.15) is 0 Å². The second-order valence-corrected chi connectivity index (χ2v) is 7.18. The zero-order chi connectivity index (χ0) is 16.1. The van der Waals surface area contributed by atoms with Crippen molar-refractivity contribution in [3.8, 4) is 0 Å². The molecule has 0 aromatic rings. The number of nitrogens with zero attached hydrogens (tertiary/aromatic N) is 1. The fourth-order valence-corrected chi connectivity index (χ4v) is 2.69. The van der Waals surface area contributed by atoms with Gasteiger partial charge in [-0.25, -0.2) is 8.42 Å². The van der Waals surface area contributed by atoms with E-state index in [1.54, 1.807) is 7.05 Å². The molecule has 0 atom stereocenters. The fourth-order valence-electron chi connectivity index (χ4n) is 2.20. The molecule has 0 rings (SSSR count). The van der Waals surface area contributed by atoms with Gasteiger partial charge in [-0.15, -0.1) is 0 Å². The van der Waals surface area contributed by atoms with E-state index in [0.717, 1.165) is 12.8 Å². The molecule has 0 fully saturated rings. The van der Waals surface area contributed by atoms with E-state index >= 15 is 0 Å². The molecular formula is C15H30KNO4S. The van der Waals surface area contributed by atoms with E-state index in [9.17, 15) is 17.8 Å². The average Bonchev–Trinajstić information content (AvgIpc) is 2.40. The van der Waals surface area contributed by atoms with E-state index in [1.165, 1.54) is 43.4 Å². The van der Waals surface area contributed by atoms with Crippen molar-refractivity contribution < 1.29 is 69.1 Å². The maximum Gasteiger partial charge on any atom is 1.00 e. The van der Waals surface area contributed by atoms with Crippen LogP contribution in [0.5, 0.6) is 0 Å². The van der Waals surface area contributed by atoms with Crippen molar-refractivity contribution in [1.82, 2.24) is 4.90 Å². The molecule has 1 amide bonds. The van der Waals surface area contributed by atoms with Crippen LogP contribution in [0.2, 0.25) is 0 Å². The molecule has 22 heavy (non-hydrogen) atoms. The van der Waals surface area contributed by atoms with E-state index in [1.807, 2.05) is 0 Å². The van der Waals surface area contributed by atoms with Gasteiger partial charge in [-0.05, 0) is 12.8 Å². The second-order valence-electron chi connectivity index (χ2n) is 5.66. The molecule has 7 heteroatoms. The second kappa shape index (κ2) is 15.5. The van der Waals surface area contributed by atoms with Crippen molar-refractivity contribution in [1.29, 1.82) is 0 Å². The molecule has 0 radical (unpaired) electrons. The number of carbonyl (C=O) groups is 1. The molecule has 0 saturated heterocycles. The van der Waals surface area contributed by atoms with Crippen LogP contribution < -0.4 is 51.4 Å². The predicted molar refractivity (Wildman–Crippen MR) is 84.0 cm³/mol. The van der Waals surface area contributed by atoms with Gasteiger partial charge in [0.25, 0.3) is 0 Å². The van der Waals surface area contributed by atoms with Gasteiger partial charge in [0.05, 0.1) is 10.1 Å². The summed E-state index contributed by atoms with van der Waals surface area (Å²) in [6.07, 6.45) is 10.3. The summed E-state index contributed by atoms with van der Waals surface area (Å²) in [5.41, 5.74) is 0. The zero-order valence-corrected chi connectivity index (χ0v) is 18.4. The van der Waals surface area contributed by atoms with Crippen LogP contribution in [0.3, 0.4) is 0 Å². The largest absolute Gasteiger partial charge is 1.00 e. The molecule has 0 aliphatic carbocycles. The van der Waals surface area contributed by atoms with E-state index in [4.69, 9.17) is 0 Å². The van der Waals surface area contributed by atoms with E-state index in [-0.39, 0.29) is 63.7 Å². The van der Waals surface area contributed by atoms with Gasteiger partial charge in [-0.2, -0.15) is 0 Å². The monoisotopic (exact) mass is 359 g/mol. The minimum atomic E-state index is -4.17. The number of hydrogen-bond donors (Lipinski definition) is 0. The van der Waals surface area contributed by atoms with Crippen molar-refractivity contribution in [2.75, 3.05) is 19.3 Å². The number of unbranched alkanes of at least 4 members (excludes halogenated alkanes) is 7. The van der Waals surface area contributed by atoms with Crippen LogP contribution in [-0.4, -0.2) is 43.1 Å². The molecule has 0 bridgehead atoms. The molecule has 5 nitrogen and oxygen atoms in total. The first-order chi connectivity index (χ1) is 9.87. The SMILES string of the molecule is CCCCCCCCCCC(=O)N(C)CCCS(=O)(=O)[O-].[K+]. The Morgan fingerprint density at radius 3 is 1.95 bits per heavy atom. The van der Waals surface area contributed by atoms with Gasteiger partial charge in [-0.1, -0.05) is 51.9 Å². The number of hydrogen-bond acceptors (Lipinski definition) is 4. The van der Waals surface area contributed by atoms with Crippen molar-refractivity contribution in [2.45, 2.75) is 71.1 Å². The van der Waals surface area contributed by atoms with Gasteiger partial charge in [0.2, 0.25) is 5.91 Å². The summed E-state index contributed by atoms with van der Waals surface area (Å²) in [7, 11) is -2.51. The Labute approximate surface area is 178 Å². The van der Waals surface area contributed by atoms with Crippen LogP contribution in [0.1, 0.15) is 71.1 Å². The standard InChI is InChI=1S/C15H31NO4S.K/c1-3-4-5-6-7-8-9-10-12-15(17)16(2)13-11-14-21(18,19)20;/h3-14H2,1-2H3,(H,18,19,20);/q;+1/p-1. The summed E-state index contributed by atoms with van der Waals surface area (Å²) in [6.45, 7) is 2.53. The van der Waals surface area contributed by atoms with E-state index in [0.29, 0.717) is 13.0 Å². The van der Waals surface area contributed by atoms with Crippen LogP contribution in [0.4, 0.5) is 0 Å². The average molecular weight is 360 g/mol. The van der Waals surface area contributed by atoms with Gasteiger partial charge in [0, 0.05) is 25.8 Å².